The number of carboxylic acid groups (broad SMARTS) is 1. The molecule has 0 aliphatic rings. The molecule has 0 aliphatic carbocycles. The van der Waals surface area contributed by atoms with Gasteiger partial charge in [-0.25, -0.2) is 0 Å². The van der Waals surface area contributed by atoms with E-state index in [0.717, 1.165) is 11.1 Å². The van der Waals surface area contributed by atoms with Crippen LogP contribution in [-0.2, 0) is 11.3 Å². The highest BCUT2D eigenvalue weighted by Crippen LogP contribution is 2.18. The maximum absolute atomic E-state index is 11.1. The Labute approximate surface area is 123 Å². The van der Waals surface area contributed by atoms with Crippen LogP contribution in [0.3, 0.4) is 0 Å². The molecular formula is C15H19N3O3. The summed E-state index contributed by atoms with van der Waals surface area (Å²) >= 11 is 0. The van der Waals surface area contributed by atoms with Crippen LogP contribution in [0, 0.1) is 12.8 Å². The molecule has 0 amide bonds. The molecule has 2 aromatic rings. The molecule has 0 aliphatic heterocycles. The number of carboxylic acids is 1. The highest BCUT2D eigenvalue weighted by atomic mass is 16.4. The number of benzene rings is 1. The molecule has 2 N–H and O–H groups in total. The second-order valence-electron chi connectivity index (χ2n) is 5.31. The molecule has 1 atom stereocenters. The standard InChI is InChI=1S/C15H19N3O3/c1-9(2)13(15(19)20)16-8-12-17-18-14(21-12)11-6-4-5-10(3)7-11/h4-7,9,13,16H,8H2,1-3H3,(H,19,20). The van der Waals surface area contributed by atoms with Gasteiger partial charge in [-0.1, -0.05) is 31.5 Å². The molecule has 0 bridgehead atoms. The highest BCUT2D eigenvalue weighted by molar-refractivity contribution is 5.73. The summed E-state index contributed by atoms with van der Waals surface area (Å²) in [6.07, 6.45) is 0. The van der Waals surface area contributed by atoms with Crippen molar-refractivity contribution in [3.05, 3.63) is 35.7 Å². The number of hydrogen-bond acceptors (Lipinski definition) is 5. The molecule has 0 saturated heterocycles. The first-order chi connectivity index (χ1) is 9.97. The quantitative estimate of drug-likeness (QED) is 0.848. The normalized spacial score (nSPS) is 12.6. The molecule has 2 rings (SSSR count). The van der Waals surface area contributed by atoms with Gasteiger partial charge in [-0.05, 0) is 25.0 Å². The molecule has 1 heterocycles. The minimum atomic E-state index is -0.886. The topological polar surface area (TPSA) is 88.2 Å². The first kappa shape index (κ1) is 15.2. The van der Waals surface area contributed by atoms with Crippen LogP contribution in [-0.4, -0.2) is 27.3 Å². The van der Waals surface area contributed by atoms with Crippen molar-refractivity contribution in [2.24, 2.45) is 5.92 Å². The van der Waals surface area contributed by atoms with E-state index in [0.29, 0.717) is 11.8 Å². The number of carbonyl (C=O) groups is 1. The van der Waals surface area contributed by atoms with Crippen LogP contribution in [0.1, 0.15) is 25.3 Å². The molecule has 0 spiro atoms. The van der Waals surface area contributed by atoms with E-state index in [-0.39, 0.29) is 12.5 Å². The minimum absolute atomic E-state index is 0.0262. The average molecular weight is 289 g/mol. The molecule has 21 heavy (non-hydrogen) atoms. The van der Waals surface area contributed by atoms with Crippen molar-refractivity contribution < 1.29 is 14.3 Å². The van der Waals surface area contributed by atoms with Gasteiger partial charge in [-0.3, -0.25) is 10.1 Å². The lowest BCUT2D eigenvalue weighted by atomic mass is 10.1. The first-order valence-electron chi connectivity index (χ1n) is 6.83. The Kier molecular flexibility index (Phi) is 4.70. The van der Waals surface area contributed by atoms with Crippen LogP contribution in [0.2, 0.25) is 0 Å². The summed E-state index contributed by atoms with van der Waals surface area (Å²) in [5.41, 5.74) is 1.96. The lowest BCUT2D eigenvalue weighted by Gasteiger charge is -2.16. The Morgan fingerprint density at radius 3 is 2.76 bits per heavy atom. The zero-order chi connectivity index (χ0) is 15.4. The second-order valence-corrected chi connectivity index (χ2v) is 5.31. The van der Waals surface area contributed by atoms with E-state index in [1.54, 1.807) is 0 Å². The summed E-state index contributed by atoms with van der Waals surface area (Å²) in [6, 6.07) is 7.12. The van der Waals surface area contributed by atoms with Crippen molar-refractivity contribution in [3.8, 4) is 11.5 Å². The van der Waals surface area contributed by atoms with Crippen molar-refractivity contribution >= 4 is 5.97 Å². The van der Waals surface area contributed by atoms with Crippen molar-refractivity contribution in [1.29, 1.82) is 0 Å². The molecule has 1 aromatic carbocycles. The number of rotatable bonds is 6. The van der Waals surface area contributed by atoms with E-state index >= 15 is 0 Å². The van der Waals surface area contributed by atoms with E-state index in [4.69, 9.17) is 9.52 Å². The Balaban J connectivity index is 2.05. The fourth-order valence-corrected chi connectivity index (χ4v) is 2.03. The summed E-state index contributed by atoms with van der Waals surface area (Å²) in [5.74, 6) is -0.101. The molecule has 0 fully saturated rings. The van der Waals surface area contributed by atoms with E-state index in [2.05, 4.69) is 15.5 Å². The summed E-state index contributed by atoms with van der Waals surface area (Å²) in [4.78, 5) is 11.1. The highest BCUT2D eigenvalue weighted by Gasteiger charge is 2.21. The van der Waals surface area contributed by atoms with E-state index in [1.807, 2.05) is 45.0 Å². The van der Waals surface area contributed by atoms with Crippen LogP contribution in [0.4, 0.5) is 0 Å². The van der Waals surface area contributed by atoms with Gasteiger partial charge in [0.15, 0.2) is 0 Å². The van der Waals surface area contributed by atoms with Gasteiger partial charge < -0.3 is 9.52 Å². The van der Waals surface area contributed by atoms with Gasteiger partial charge in [0, 0.05) is 5.56 Å². The monoisotopic (exact) mass is 289 g/mol. The predicted molar refractivity (Wildman–Crippen MR) is 77.6 cm³/mol. The molecule has 1 unspecified atom stereocenters. The Morgan fingerprint density at radius 1 is 1.38 bits per heavy atom. The van der Waals surface area contributed by atoms with Crippen molar-refractivity contribution in [1.82, 2.24) is 15.5 Å². The average Bonchev–Trinajstić information content (AvgIpc) is 2.87. The third-order valence-corrected chi connectivity index (χ3v) is 3.14. The summed E-state index contributed by atoms with van der Waals surface area (Å²) in [6.45, 7) is 5.91. The largest absolute Gasteiger partial charge is 0.480 e. The number of aliphatic carboxylic acids is 1. The molecular weight excluding hydrogens is 270 g/mol. The number of aryl methyl sites for hydroxylation is 1. The SMILES string of the molecule is Cc1cccc(-c2nnc(CNC(C(=O)O)C(C)C)o2)c1. The number of hydrogen-bond donors (Lipinski definition) is 2. The smallest absolute Gasteiger partial charge is 0.320 e. The fourth-order valence-electron chi connectivity index (χ4n) is 2.03. The fraction of sp³-hybridized carbons (Fsp3) is 0.400. The van der Waals surface area contributed by atoms with Gasteiger partial charge in [0.2, 0.25) is 11.8 Å². The van der Waals surface area contributed by atoms with Crippen molar-refractivity contribution in [2.75, 3.05) is 0 Å². The van der Waals surface area contributed by atoms with E-state index in [1.165, 1.54) is 0 Å². The minimum Gasteiger partial charge on any atom is -0.480 e. The zero-order valence-electron chi connectivity index (χ0n) is 12.3. The molecule has 0 saturated carbocycles. The van der Waals surface area contributed by atoms with Gasteiger partial charge in [0.25, 0.3) is 0 Å². The molecule has 6 heteroatoms. The van der Waals surface area contributed by atoms with Crippen LogP contribution < -0.4 is 5.32 Å². The van der Waals surface area contributed by atoms with Gasteiger partial charge in [-0.15, -0.1) is 10.2 Å². The third kappa shape index (κ3) is 3.88. The molecule has 112 valence electrons. The Bertz CT molecular complexity index is 622. The number of nitrogens with one attached hydrogen (secondary N) is 1. The maximum atomic E-state index is 11.1. The Hall–Kier alpha value is -2.21. The van der Waals surface area contributed by atoms with Crippen LogP contribution in [0.25, 0.3) is 11.5 Å². The van der Waals surface area contributed by atoms with E-state index in [9.17, 15) is 4.79 Å². The van der Waals surface area contributed by atoms with Gasteiger partial charge in [-0.2, -0.15) is 0 Å². The van der Waals surface area contributed by atoms with Crippen molar-refractivity contribution in [2.45, 2.75) is 33.4 Å². The van der Waals surface area contributed by atoms with Crippen LogP contribution in [0.5, 0.6) is 0 Å². The molecule has 6 nitrogen and oxygen atoms in total. The second kappa shape index (κ2) is 6.49. The van der Waals surface area contributed by atoms with E-state index < -0.39 is 12.0 Å². The summed E-state index contributed by atoms with van der Waals surface area (Å²) in [5, 5.41) is 20.0. The number of aromatic nitrogens is 2. The summed E-state index contributed by atoms with van der Waals surface area (Å²) in [7, 11) is 0. The number of nitrogens with zero attached hydrogens (tertiary/aromatic N) is 2. The molecule has 0 radical (unpaired) electrons. The van der Waals surface area contributed by atoms with Crippen LogP contribution >= 0.6 is 0 Å². The van der Waals surface area contributed by atoms with Gasteiger partial charge >= 0.3 is 5.97 Å². The lowest BCUT2D eigenvalue weighted by molar-refractivity contribution is -0.140. The summed E-state index contributed by atoms with van der Waals surface area (Å²) < 4.78 is 5.56. The predicted octanol–water partition coefficient (Wildman–Crippen LogP) is 2.24. The zero-order valence-corrected chi connectivity index (χ0v) is 12.3. The lowest BCUT2D eigenvalue weighted by Crippen LogP contribution is -2.40. The van der Waals surface area contributed by atoms with Gasteiger partial charge in [0.1, 0.15) is 6.04 Å². The Morgan fingerprint density at radius 2 is 2.14 bits per heavy atom. The van der Waals surface area contributed by atoms with Crippen LogP contribution in [0.15, 0.2) is 28.7 Å². The molecule has 1 aromatic heterocycles. The van der Waals surface area contributed by atoms with Crippen molar-refractivity contribution in [3.63, 3.8) is 0 Å². The third-order valence-electron chi connectivity index (χ3n) is 3.14. The maximum Gasteiger partial charge on any atom is 0.320 e. The first-order valence-corrected chi connectivity index (χ1v) is 6.83. The van der Waals surface area contributed by atoms with Gasteiger partial charge in [0.05, 0.1) is 6.54 Å².